The fraction of sp³-hybridized carbons (Fsp3) is 0.421. The van der Waals surface area contributed by atoms with E-state index in [1.165, 1.54) is 14.0 Å². The maximum atomic E-state index is 14.8. The predicted octanol–water partition coefficient (Wildman–Crippen LogP) is 4.18. The Morgan fingerprint density at radius 2 is 1.42 bits per heavy atom. The fourth-order valence-corrected chi connectivity index (χ4v) is 10.7. The minimum absolute atomic E-state index is 0.0953. The van der Waals surface area contributed by atoms with Crippen molar-refractivity contribution in [2.24, 2.45) is 12.8 Å². The molecule has 1 unspecified atom stereocenters. The third-order valence-electron chi connectivity index (χ3n) is 14.5. The van der Waals surface area contributed by atoms with Crippen LogP contribution in [0.2, 0.25) is 0 Å². The molecular formula is C57H67N9O10. The number of aromatic nitrogens is 2. The molecular weight excluding hydrogens is 971 g/mol. The Kier molecular flexibility index (Phi) is 16.8. The lowest BCUT2D eigenvalue weighted by molar-refractivity contribution is -0.146. The number of nitrogens with zero attached hydrogens (tertiary/aromatic N) is 4. The van der Waals surface area contributed by atoms with Gasteiger partial charge in [0, 0.05) is 38.9 Å². The van der Waals surface area contributed by atoms with Crippen LogP contribution < -0.4 is 32.7 Å². The number of carbonyl (C=O) groups excluding carboxylic acids is 8. The van der Waals surface area contributed by atoms with Crippen molar-refractivity contribution in [2.75, 3.05) is 13.1 Å². The Morgan fingerprint density at radius 1 is 0.763 bits per heavy atom. The topological polar surface area (TPSA) is 253 Å². The molecule has 0 saturated carbocycles. The highest BCUT2D eigenvalue weighted by Crippen LogP contribution is 2.31. The lowest BCUT2D eigenvalue weighted by Crippen LogP contribution is -2.62. The van der Waals surface area contributed by atoms with Crippen LogP contribution in [-0.2, 0) is 64.6 Å². The van der Waals surface area contributed by atoms with Crippen LogP contribution in [0, 0.1) is 0 Å². The van der Waals surface area contributed by atoms with Crippen molar-refractivity contribution in [3.05, 3.63) is 141 Å². The van der Waals surface area contributed by atoms with Crippen LogP contribution in [-0.4, -0.2) is 109 Å². The summed E-state index contributed by atoms with van der Waals surface area (Å²) in [6, 6.07) is 26.9. The first kappa shape index (κ1) is 54.2. The molecule has 0 bridgehead atoms. The van der Waals surface area contributed by atoms with Gasteiger partial charge in [-0.05, 0) is 112 Å². The van der Waals surface area contributed by atoms with Crippen LogP contribution >= 0.6 is 0 Å². The number of ether oxygens (including phenoxy) is 1. The van der Waals surface area contributed by atoms with E-state index in [2.05, 4.69) is 21.3 Å². The molecule has 3 aliphatic heterocycles. The summed E-state index contributed by atoms with van der Waals surface area (Å²) in [7, 11) is 1.66. The molecule has 19 heteroatoms. The molecule has 4 heterocycles. The normalized spacial score (nSPS) is 19.3. The molecule has 6 N–H and O–H groups in total. The van der Waals surface area contributed by atoms with Gasteiger partial charge in [0.2, 0.25) is 41.4 Å². The molecule has 8 amide bonds. The van der Waals surface area contributed by atoms with E-state index < -0.39 is 77.5 Å². The van der Waals surface area contributed by atoms with Crippen LogP contribution in [0.1, 0.15) is 112 Å². The van der Waals surface area contributed by atoms with Gasteiger partial charge >= 0.3 is 11.8 Å². The van der Waals surface area contributed by atoms with E-state index >= 15 is 0 Å². The van der Waals surface area contributed by atoms with Gasteiger partial charge < -0.3 is 36.2 Å². The standard InChI is InChI=1S/C57H67N9O10/c1-57(2,3)76-55(74)60-42-34-64(49(69)30-22-37-14-12-11-13-36(37)21-19-35-20-25-43-46(33-35)63(4)56(75)66(43)45-27-29-48(68)61-53(45)72)32-31-40-23-26-44(65(40)54(42)73)52(71)59-41(24-28-47(58)67)51(70)62-50(38-15-7-5-8-16-38)39-17-9-6-10-18-39/h5-18,20,25,33,40-42,44-45,50H,19,21-24,26-32,34H2,1-4H3,(H2,58,67)(H,59,71)(H,60,74)(H,62,70)(H,61,68,72)/t40-,41+,42+,44+,45?/m1/s1. The van der Waals surface area contributed by atoms with Crippen LogP contribution in [0.4, 0.5) is 4.79 Å². The van der Waals surface area contributed by atoms with Gasteiger partial charge in [-0.1, -0.05) is 91.0 Å². The largest absolute Gasteiger partial charge is 0.444 e. The Morgan fingerprint density at radius 3 is 2.07 bits per heavy atom. The second-order valence-corrected chi connectivity index (χ2v) is 20.9. The highest BCUT2D eigenvalue weighted by Gasteiger charge is 2.46. The summed E-state index contributed by atoms with van der Waals surface area (Å²) in [5, 5.41) is 10.9. The van der Waals surface area contributed by atoms with E-state index in [0.717, 1.165) is 27.8 Å². The van der Waals surface area contributed by atoms with Crippen molar-refractivity contribution in [3.63, 3.8) is 0 Å². The molecule has 0 spiro atoms. The average molecular weight is 1040 g/mol. The molecule has 8 rings (SSSR count). The van der Waals surface area contributed by atoms with Gasteiger partial charge in [-0.3, -0.25) is 48.0 Å². The van der Waals surface area contributed by atoms with Crippen molar-refractivity contribution in [1.82, 2.24) is 40.2 Å². The number of alkyl carbamates (subject to hydrolysis) is 1. The third kappa shape index (κ3) is 12.9. The van der Waals surface area contributed by atoms with E-state index in [4.69, 9.17) is 10.5 Å². The van der Waals surface area contributed by atoms with Crippen LogP contribution in [0.3, 0.4) is 0 Å². The zero-order chi connectivity index (χ0) is 54.3. The first-order chi connectivity index (χ1) is 36.3. The summed E-state index contributed by atoms with van der Waals surface area (Å²) >= 11 is 0. The van der Waals surface area contributed by atoms with Crippen molar-refractivity contribution < 1.29 is 43.1 Å². The summed E-state index contributed by atoms with van der Waals surface area (Å²) in [5.74, 6) is -3.46. The zero-order valence-electron chi connectivity index (χ0n) is 43.4. The van der Waals surface area contributed by atoms with Gasteiger partial charge in [0.05, 0.1) is 23.6 Å². The number of aryl methyl sites for hydroxylation is 4. The number of rotatable bonds is 17. The van der Waals surface area contributed by atoms with Crippen molar-refractivity contribution in [2.45, 2.75) is 133 Å². The Bertz CT molecular complexity index is 3020. The Labute approximate surface area is 440 Å². The number of hydrogen-bond acceptors (Lipinski definition) is 10. The van der Waals surface area contributed by atoms with Crippen LogP contribution in [0.15, 0.2) is 108 Å². The van der Waals surface area contributed by atoms with Gasteiger partial charge in [0.1, 0.15) is 29.8 Å². The van der Waals surface area contributed by atoms with Crippen LogP contribution in [0.25, 0.3) is 11.0 Å². The molecule has 3 fully saturated rings. The number of hydrogen-bond donors (Lipinski definition) is 5. The number of nitrogens with two attached hydrogens (primary N) is 1. The Hall–Kier alpha value is -8.09. The molecule has 4 aromatic carbocycles. The molecule has 19 nitrogen and oxygen atoms in total. The zero-order valence-corrected chi connectivity index (χ0v) is 43.4. The quantitative estimate of drug-likeness (QED) is 0.0831. The van der Waals surface area contributed by atoms with Gasteiger partial charge in [0.15, 0.2) is 0 Å². The minimum atomic E-state index is -1.29. The molecule has 3 aliphatic rings. The van der Waals surface area contributed by atoms with Crippen LogP contribution in [0.5, 0.6) is 0 Å². The van der Waals surface area contributed by atoms with E-state index in [0.29, 0.717) is 43.1 Å². The second kappa shape index (κ2) is 23.6. The maximum Gasteiger partial charge on any atom is 0.408 e. The smallest absolute Gasteiger partial charge is 0.408 e. The van der Waals surface area contributed by atoms with Crippen molar-refractivity contribution >= 4 is 58.5 Å². The van der Waals surface area contributed by atoms with E-state index in [1.807, 2.05) is 103 Å². The maximum absolute atomic E-state index is 14.8. The summed E-state index contributed by atoms with van der Waals surface area (Å²) in [5.41, 5.74) is 10.1. The molecule has 76 heavy (non-hydrogen) atoms. The summed E-state index contributed by atoms with van der Waals surface area (Å²) < 4.78 is 8.54. The number of nitrogens with one attached hydrogen (secondary N) is 4. The van der Waals surface area contributed by atoms with Gasteiger partial charge in [-0.25, -0.2) is 9.59 Å². The molecule has 5 aromatic rings. The summed E-state index contributed by atoms with van der Waals surface area (Å²) in [4.78, 5) is 124. The number of imide groups is 1. The van der Waals surface area contributed by atoms with Gasteiger partial charge in [0.25, 0.3) is 0 Å². The summed E-state index contributed by atoms with van der Waals surface area (Å²) in [6.45, 7) is 5.12. The Balaban J connectivity index is 0.950. The number of imidazole rings is 1. The van der Waals surface area contributed by atoms with E-state index in [1.54, 1.807) is 32.7 Å². The highest BCUT2D eigenvalue weighted by atomic mass is 16.6. The molecule has 0 aliphatic carbocycles. The number of amides is 8. The minimum Gasteiger partial charge on any atom is -0.444 e. The molecule has 5 atom stereocenters. The third-order valence-corrected chi connectivity index (χ3v) is 14.5. The van der Waals surface area contributed by atoms with E-state index in [-0.39, 0.29) is 69.1 Å². The second-order valence-electron chi connectivity index (χ2n) is 20.9. The molecule has 3 saturated heterocycles. The monoisotopic (exact) mass is 1040 g/mol. The average Bonchev–Trinajstić information content (AvgIpc) is 3.94. The molecule has 0 radical (unpaired) electrons. The number of piperidine rings is 1. The highest BCUT2D eigenvalue weighted by molar-refractivity contribution is 6.00. The van der Waals surface area contributed by atoms with Crippen molar-refractivity contribution in [3.8, 4) is 0 Å². The lowest BCUT2D eigenvalue weighted by atomic mass is 9.96. The number of fused-ring (bicyclic) bond motifs is 2. The first-order valence-electron chi connectivity index (χ1n) is 26.0. The number of primary amides is 1. The predicted molar refractivity (Wildman–Crippen MR) is 282 cm³/mol. The first-order valence-corrected chi connectivity index (χ1v) is 26.0. The molecule has 1 aromatic heterocycles. The lowest BCUT2D eigenvalue weighted by Gasteiger charge is -2.39. The molecule has 400 valence electrons. The van der Waals surface area contributed by atoms with E-state index in [9.17, 15) is 43.2 Å². The summed E-state index contributed by atoms with van der Waals surface area (Å²) in [6.07, 6.45) is 1.98. The van der Waals surface area contributed by atoms with Crippen molar-refractivity contribution in [1.29, 1.82) is 0 Å². The van der Waals surface area contributed by atoms with Gasteiger partial charge in [-0.2, -0.15) is 0 Å². The number of carbonyl (C=O) groups is 8. The van der Waals surface area contributed by atoms with Gasteiger partial charge in [-0.15, -0.1) is 0 Å². The number of benzene rings is 4. The fourth-order valence-electron chi connectivity index (χ4n) is 10.7. The SMILES string of the molecule is Cn1c(=O)n(C2CCC(=O)NC2=O)c2ccc(CCc3ccccc3CCC(=O)N3CC[C@H]4CC[C@@H](C(=O)N[C@@H](CCC(N)=O)C(=O)NC(c5ccccc5)c5ccccc5)N4C(=O)[C@@H](NC(=O)OC(C)(C)C)C3)cc21.